The summed E-state index contributed by atoms with van der Waals surface area (Å²) in [4.78, 5) is 10.3. The number of hydrogen-bond donors (Lipinski definition) is 1. The van der Waals surface area contributed by atoms with Gasteiger partial charge in [-0.05, 0) is 6.42 Å². The molecule has 1 fully saturated rings. The van der Waals surface area contributed by atoms with Gasteiger partial charge in [0.05, 0.1) is 6.10 Å². The second-order valence-electron chi connectivity index (χ2n) is 2.29. The molecule has 0 radical (unpaired) electrons. The Morgan fingerprint density at radius 3 is 2.78 bits per heavy atom. The Labute approximate surface area is 54.2 Å². The minimum absolute atomic E-state index is 0.132. The third-order valence-corrected chi connectivity index (χ3v) is 1.44. The molecule has 1 heterocycles. The number of epoxide rings is 1. The van der Waals surface area contributed by atoms with E-state index in [0.29, 0.717) is 0 Å². The number of amides is 1. The molecular weight excluding hydrogens is 118 g/mol. The minimum Gasteiger partial charge on any atom is -0.367 e. The van der Waals surface area contributed by atoms with Crippen LogP contribution in [0.5, 0.6) is 0 Å². The van der Waals surface area contributed by atoms with Gasteiger partial charge in [-0.3, -0.25) is 4.79 Å². The summed E-state index contributed by atoms with van der Waals surface area (Å²) in [5.41, 5.74) is 4.95. The van der Waals surface area contributed by atoms with Crippen LogP contribution in [0, 0.1) is 0 Å². The van der Waals surface area contributed by atoms with Gasteiger partial charge in [0.1, 0.15) is 0 Å². The molecule has 0 aliphatic carbocycles. The Morgan fingerprint density at radius 1 is 1.78 bits per heavy atom. The van der Waals surface area contributed by atoms with E-state index in [1.807, 2.05) is 0 Å². The monoisotopic (exact) mass is 129 g/mol. The maximum atomic E-state index is 10.3. The number of carbonyl (C=O) groups is 1. The first-order valence-corrected chi connectivity index (χ1v) is 3.20. The molecule has 0 spiro atoms. The minimum atomic E-state index is -0.326. The van der Waals surface area contributed by atoms with Crippen molar-refractivity contribution in [2.24, 2.45) is 5.73 Å². The van der Waals surface area contributed by atoms with Crippen molar-refractivity contribution in [2.45, 2.75) is 32.0 Å². The Hall–Kier alpha value is -0.570. The predicted molar refractivity (Wildman–Crippen MR) is 32.8 cm³/mol. The van der Waals surface area contributed by atoms with Gasteiger partial charge in [0.15, 0.2) is 6.10 Å². The Balaban J connectivity index is 2.17. The van der Waals surface area contributed by atoms with Gasteiger partial charge in [-0.1, -0.05) is 13.3 Å². The molecular formula is C6H11NO2. The van der Waals surface area contributed by atoms with E-state index in [1.54, 1.807) is 0 Å². The van der Waals surface area contributed by atoms with Crippen LogP contribution in [-0.4, -0.2) is 18.1 Å². The zero-order valence-corrected chi connectivity index (χ0v) is 5.46. The fourth-order valence-corrected chi connectivity index (χ4v) is 0.897. The van der Waals surface area contributed by atoms with Crippen molar-refractivity contribution < 1.29 is 9.53 Å². The summed E-state index contributed by atoms with van der Waals surface area (Å²) >= 11 is 0. The van der Waals surface area contributed by atoms with Crippen molar-refractivity contribution in [3.8, 4) is 0 Å². The molecule has 0 saturated carbocycles. The van der Waals surface area contributed by atoms with E-state index in [1.165, 1.54) is 0 Å². The number of hydrogen-bond acceptors (Lipinski definition) is 2. The van der Waals surface area contributed by atoms with Crippen LogP contribution in [0.3, 0.4) is 0 Å². The lowest BCUT2D eigenvalue weighted by atomic mass is 10.2. The summed E-state index contributed by atoms with van der Waals surface area (Å²) < 4.78 is 4.94. The van der Waals surface area contributed by atoms with E-state index in [4.69, 9.17) is 10.5 Å². The van der Waals surface area contributed by atoms with Crippen molar-refractivity contribution in [3.63, 3.8) is 0 Å². The van der Waals surface area contributed by atoms with Gasteiger partial charge in [0.2, 0.25) is 5.91 Å². The molecule has 0 aromatic rings. The first-order chi connectivity index (χ1) is 4.25. The average Bonchev–Trinajstić information content (AvgIpc) is 2.47. The SMILES string of the molecule is CCC[C@H]1O[C@@H]1C(N)=O. The topological polar surface area (TPSA) is 55.6 Å². The largest absolute Gasteiger partial charge is 0.367 e. The van der Waals surface area contributed by atoms with Crippen molar-refractivity contribution in [3.05, 3.63) is 0 Å². The second kappa shape index (κ2) is 2.35. The molecule has 2 N–H and O–H groups in total. The standard InChI is InChI=1S/C6H11NO2/c1-2-3-4-5(9-4)6(7)8/h4-5H,2-3H2,1H3,(H2,7,8)/t4-,5+/m1/s1. The highest BCUT2D eigenvalue weighted by Gasteiger charge is 2.42. The highest BCUT2D eigenvalue weighted by Crippen LogP contribution is 2.25. The van der Waals surface area contributed by atoms with E-state index in [-0.39, 0.29) is 18.1 Å². The summed E-state index contributed by atoms with van der Waals surface area (Å²) in [6.07, 6.45) is 1.86. The summed E-state index contributed by atoms with van der Waals surface area (Å²) in [7, 11) is 0. The fourth-order valence-electron chi connectivity index (χ4n) is 0.897. The van der Waals surface area contributed by atoms with Crippen LogP contribution in [-0.2, 0) is 9.53 Å². The molecule has 52 valence electrons. The molecule has 3 heteroatoms. The molecule has 1 aliphatic heterocycles. The van der Waals surface area contributed by atoms with E-state index in [0.717, 1.165) is 12.8 Å². The molecule has 1 rings (SSSR count). The highest BCUT2D eigenvalue weighted by molar-refractivity contribution is 5.81. The first-order valence-electron chi connectivity index (χ1n) is 3.20. The molecule has 1 saturated heterocycles. The predicted octanol–water partition coefficient (Wildman–Crippen LogP) is 0.0392. The van der Waals surface area contributed by atoms with Crippen LogP contribution in [0.1, 0.15) is 19.8 Å². The molecule has 0 aromatic carbocycles. The normalized spacial score (nSPS) is 32.1. The molecule has 2 atom stereocenters. The van der Waals surface area contributed by atoms with Crippen molar-refractivity contribution in [1.82, 2.24) is 0 Å². The Kier molecular flexibility index (Phi) is 1.71. The van der Waals surface area contributed by atoms with E-state index in [2.05, 4.69) is 6.92 Å². The van der Waals surface area contributed by atoms with Gasteiger partial charge in [0.25, 0.3) is 0 Å². The van der Waals surface area contributed by atoms with Crippen LogP contribution in [0.25, 0.3) is 0 Å². The third kappa shape index (κ3) is 1.42. The molecule has 3 nitrogen and oxygen atoms in total. The smallest absolute Gasteiger partial charge is 0.249 e. The van der Waals surface area contributed by atoms with Gasteiger partial charge in [-0.15, -0.1) is 0 Å². The maximum absolute atomic E-state index is 10.3. The van der Waals surface area contributed by atoms with Crippen molar-refractivity contribution in [2.75, 3.05) is 0 Å². The zero-order chi connectivity index (χ0) is 6.85. The van der Waals surface area contributed by atoms with E-state index in [9.17, 15) is 4.79 Å². The third-order valence-electron chi connectivity index (χ3n) is 1.44. The maximum Gasteiger partial charge on any atom is 0.249 e. The van der Waals surface area contributed by atoms with E-state index >= 15 is 0 Å². The number of rotatable bonds is 3. The molecule has 0 unspecified atom stereocenters. The lowest BCUT2D eigenvalue weighted by Gasteiger charge is -1.84. The van der Waals surface area contributed by atoms with Gasteiger partial charge in [-0.2, -0.15) is 0 Å². The number of nitrogens with two attached hydrogens (primary N) is 1. The Bertz CT molecular complexity index is 124. The fraction of sp³-hybridized carbons (Fsp3) is 0.833. The summed E-state index contributed by atoms with van der Waals surface area (Å²) in [6, 6.07) is 0. The Morgan fingerprint density at radius 2 is 2.44 bits per heavy atom. The summed E-state index contributed by atoms with van der Waals surface area (Å²) in [5, 5.41) is 0. The van der Waals surface area contributed by atoms with Crippen LogP contribution in [0.4, 0.5) is 0 Å². The van der Waals surface area contributed by atoms with Gasteiger partial charge in [0, 0.05) is 0 Å². The zero-order valence-electron chi connectivity index (χ0n) is 5.46. The molecule has 9 heavy (non-hydrogen) atoms. The van der Waals surface area contributed by atoms with Crippen LogP contribution < -0.4 is 5.73 Å². The summed E-state index contributed by atoms with van der Waals surface area (Å²) in [5.74, 6) is -0.326. The van der Waals surface area contributed by atoms with Gasteiger partial charge < -0.3 is 10.5 Å². The van der Waals surface area contributed by atoms with Crippen molar-refractivity contribution in [1.29, 1.82) is 0 Å². The quantitative estimate of drug-likeness (QED) is 0.547. The van der Waals surface area contributed by atoms with Crippen LogP contribution in [0.15, 0.2) is 0 Å². The lowest BCUT2D eigenvalue weighted by Crippen LogP contribution is -2.19. The highest BCUT2D eigenvalue weighted by atomic mass is 16.6. The second-order valence-corrected chi connectivity index (χ2v) is 2.29. The van der Waals surface area contributed by atoms with Gasteiger partial charge in [-0.25, -0.2) is 0 Å². The average molecular weight is 129 g/mol. The lowest BCUT2D eigenvalue weighted by molar-refractivity contribution is -0.119. The molecule has 1 amide bonds. The van der Waals surface area contributed by atoms with E-state index < -0.39 is 0 Å². The first kappa shape index (κ1) is 6.55. The molecule has 0 aromatic heterocycles. The van der Waals surface area contributed by atoms with Crippen LogP contribution >= 0.6 is 0 Å². The van der Waals surface area contributed by atoms with Gasteiger partial charge >= 0.3 is 0 Å². The number of carbonyl (C=O) groups excluding carboxylic acids is 1. The number of ether oxygens (including phenoxy) is 1. The molecule has 1 aliphatic rings. The number of primary amides is 1. The van der Waals surface area contributed by atoms with Crippen LogP contribution in [0.2, 0.25) is 0 Å². The molecule has 0 bridgehead atoms. The summed E-state index contributed by atoms with van der Waals surface area (Å²) in [6.45, 7) is 2.06. The van der Waals surface area contributed by atoms with Crippen molar-refractivity contribution >= 4 is 5.91 Å².